The van der Waals surface area contributed by atoms with Gasteiger partial charge >= 0.3 is 0 Å². The van der Waals surface area contributed by atoms with E-state index < -0.39 is 0 Å². The van der Waals surface area contributed by atoms with Gasteiger partial charge in [0.25, 0.3) is 0 Å². The Kier molecular flexibility index (Phi) is 3.76. The number of rotatable bonds is 0. The summed E-state index contributed by atoms with van der Waals surface area (Å²) in [5.41, 5.74) is 7.58. The van der Waals surface area contributed by atoms with E-state index in [1.165, 1.54) is 36.3 Å². The fourth-order valence-electron chi connectivity index (χ4n) is 1.54. The van der Waals surface area contributed by atoms with Gasteiger partial charge in [0.1, 0.15) is 0 Å². The molecule has 0 amide bonds. The van der Waals surface area contributed by atoms with Crippen molar-refractivity contribution in [2.24, 2.45) is 5.73 Å². The molecule has 0 heterocycles. The Hall–Kier alpha value is -0.340. The number of fused-ring (bicyclic) bond motifs is 1. The van der Waals surface area contributed by atoms with Gasteiger partial charge in [-0.3, -0.25) is 0 Å². The van der Waals surface area contributed by atoms with Crippen molar-refractivity contribution in [3.8, 4) is 0 Å². The lowest BCUT2D eigenvalue weighted by atomic mass is 10.1. The molecule has 0 radical (unpaired) electrons. The minimum atomic E-state index is 1.22. The highest BCUT2D eigenvalue weighted by Crippen LogP contribution is 2.24. The average molecular weight is 228 g/mol. The van der Waals surface area contributed by atoms with Crippen molar-refractivity contribution in [1.29, 1.82) is 0 Å². The van der Waals surface area contributed by atoms with Gasteiger partial charge in [-0.05, 0) is 49.6 Å². The predicted molar refractivity (Wildman–Crippen MR) is 56.3 cm³/mol. The fraction of sp³-hybridized carbons (Fsp3) is 0.400. The molecule has 1 nitrogen and oxygen atoms in total. The summed E-state index contributed by atoms with van der Waals surface area (Å²) in [6, 6.07) is 6.60. The number of benzene rings is 1. The van der Waals surface area contributed by atoms with Crippen molar-refractivity contribution in [2.75, 3.05) is 7.05 Å². The lowest BCUT2D eigenvalue weighted by Crippen LogP contribution is -1.79. The molecule has 0 saturated carbocycles. The third kappa shape index (κ3) is 2.08. The van der Waals surface area contributed by atoms with Crippen molar-refractivity contribution in [2.45, 2.75) is 19.3 Å². The lowest BCUT2D eigenvalue weighted by molar-refractivity contribution is 0.911. The first-order valence-corrected chi connectivity index (χ1v) is 5.00. The van der Waals surface area contributed by atoms with Crippen LogP contribution in [0.1, 0.15) is 17.5 Å². The smallest absolute Gasteiger partial charge is 0.0178 e. The van der Waals surface area contributed by atoms with E-state index in [1.807, 2.05) is 0 Å². The Balaban J connectivity index is 0.000000336. The van der Waals surface area contributed by atoms with Crippen molar-refractivity contribution >= 4 is 15.9 Å². The zero-order valence-electron chi connectivity index (χ0n) is 7.31. The molecule has 0 spiro atoms. The van der Waals surface area contributed by atoms with Crippen LogP contribution >= 0.6 is 15.9 Å². The molecule has 1 aromatic carbocycles. The average Bonchev–Trinajstić information content (AvgIpc) is 2.54. The van der Waals surface area contributed by atoms with Gasteiger partial charge in [0.2, 0.25) is 0 Å². The number of hydrogen-bond acceptors (Lipinski definition) is 1. The van der Waals surface area contributed by atoms with E-state index in [-0.39, 0.29) is 0 Å². The predicted octanol–water partition coefficient (Wildman–Crippen LogP) is 2.51. The Morgan fingerprint density at radius 1 is 1.17 bits per heavy atom. The highest BCUT2D eigenvalue weighted by Gasteiger charge is 2.09. The standard InChI is InChI=1S/C9H9Br.CH5N/c10-9-5-4-7-2-1-3-8(7)6-9;1-2/h4-6H,1-3H2;2H2,1H3. The van der Waals surface area contributed by atoms with Crippen molar-refractivity contribution < 1.29 is 0 Å². The van der Waals surface area contributed by atoms with Crippen molar-refractivity contribution in [3.05, 3.63) is 33.8 Å². The van der Waals surface area contributed by atoms with Gasteiger partial charge in [0, 0.05) is 4.47 Å². The molecule has 0 unspecified atom stereocenters. The van der Waals surface area contributed by atoms with E-state index in [1.54, 1.807) is 5.56 Å². The van der Waals surface area contributed by atoms with Crippen LogP contribution in [0.3, 0.4) is 0 Å². The highest BCUT2D eigenvalue weighted by molar-refractivity contribution is 9.10. The monoisotopic (exact) mass is 227 g/mol. The molecular formula is C10H14BrN. The first kappa shape index (κ1) is 9.75. The summed E-state index contributed by atoms with van der Waals surface area (Å²) in [7, 11) is 1.50. The summed E-state index contributed by atoms with van der Waals surface area (Å²) in [6.07, 6.45) is 3.89. The zero-order chi connectivity index (χ0) is 8.97. The Bertz CT molecular complexity index is 258. The van der Waals surface area contributed by atoms with Crippen LogP contribution in [-0.2, 0) is 12.8 Å². The van der Waals surface area contributed by atoms with E-state index in [4.69, 9.17) is 0 Å². The molecule has 66 valence electrons. The quantitative estimate of drug-likeness (QED) is 0.725. The second-order valence-corrected chi connectivity index (χ2v) is 3.68. The third-order valence-corrected chi connectivity index (χ3v) is 2.55. The van der Waals surface area contributed by atoms with Gasteiger partial charge in [-0.15, -0.1) is 0 Å². The van der Waals surface area contributed by atoms with Crippen LogP contribution in [-0.4, -0.2) is 7.05 Å². The molecule has 0 bridgehead atoms. The zero-order valence-corrected chi connectivity index (χ0v) is 8.89. The van der Waals surface area contributed by atoms with Crippen LogP contribution in [0.2, 0.25) is 0 Å². The van der Waals surface area contributed by atoms with E-state index in [9.17, 15) is 0 Å². The second kappa shape index (κ2) is 4.63. The van der Waals surface area contributed by atoms with Crippen LogP contribution in [0.25, 0.3) is 0 Å². The second-order valence-electron chi connectivity index (χ2n) is 2.77. The van der Waals surface area contributed by atoms with Gasteiger partial charge in [-0.25, -0.2) is 0 Å². The fourth-order valence-corrected chi connectivity index (χ4v) is 1.95. The van der Waals surface area contributed by atoms with E-state index >= 15 is 0 Å². The maximum absolute atomic E-state index is 4.50. The molecule has 1 aliphatic rings. The summed E-state index contributed by atoms with van der Waals surface area (Å²) in [4.78, 5) is 0. The Morgan fingerprint density at radius 2 is 1.83 bits per heavy atom. The lowest BCUT2D eigenvalue weighted by Gasteiger charge is -1.97. The normalized spacial score (nSPS) is 13.2. The molecule has 0 aromatic heterocycles. The summed E-state index contributed by atoms with van der Waals surface area (Å²) >= 11 is 3.46. The highest BCUT2D eigenvalue weighted by atomic mass is 79.9. The van der Waals surface area contributed by atoms with E-state index in [0.29, 0.717) is 0 Å². The molecule has 1 aromatic rings. The third-order valence-electron chi connectivity index (χ3n) is 2.06. The van der Waals surface area contributed by atoms with E-state index in [2.05, 4.69) is 39.9 Å². The van der Waals surface area contributed by atoms with Gasteiger partial charge < -0.3 is 5.73 Å². The van der Waals surface area contributed by atoms with Crippen LogP contribution in [0.5, 0.6) is 0 Å². The van der Waals surface area contributed by atoms with Gasteiger partial charge in [0.05, 0.1) is 0 Å². The molecule has 0 saturated heterocycles. The number of halogens is 1. The Labute approximate surface area is 82.1 Å². The summed E-state index contributed by atoms with van der Waals surface area (Å²) in [5, 5.41) is 0. The van der Waals surface area contributed by atoms with Gasteiger partial charge in [-0.2, -0.15) is 0 Å². The number of aryl methyl sites for hydroxylation is 2. The minimum Gasteiger partial charge on any atom is -0.333 e. The first-order valence-electron chi connectivity index (χ1n) is 4.21. The molecule has 2 rings (SSSR count). The first-order chi connectivity index (χ1) is 5.86. The molecular weight excluding hydrogens is 214 g/mol. The SMILES string of the molecule is Brc1ccc2c(c1)CCC2.CN. The number of hydrogen-bond donors (Lipinski definition) is 1. The minimum absolute atomic E-state index is 1.22. The van der Waals surface area contributed by atoms with Gasteiger partial charge in [0.15, 0.2) is 0 Å². The van der Waals surface area contributed by atoms with Crippen LogP contribution in [0.4, 0.5) is 0 Å². The molecule has 2 N–H and O–H groups in total. The largest absolute Gasteiger partial charge is 0.333 e. The maximum atomic E-state index is 4.50. The molecule has 0 aliphatic heterocycles. The summed E-state index contributed by atoms with van der Waals surface area (Å²) < 4.78 is 1.22. The maximum Gasteiger partial charge on any atom is 0.0178 e. The van der Waals surface area contributed by atoms with Gasteiger partial charge in [-0.1, -0.05) is 22.0 Å². The van der Waals surface area contributed by atoms with Crippen LogP contribution in [0.15, 0.2) is 22.7 Å². The van der Waals surface area contributed by atoms with Crippen molar-refractivity contribution in [1.82, 2.24) is 0 Å². The van der Waals surface area contributed by atoms with E-state index in [0.717, 1.165) is 0 Å². The molecule has 0 fully saturated rings. The summed E-state index contributed by atoms with van der Waals surface area (Å²) in [5.74, 6) is 0. The topological polar surface area (TPSA) is 26.0 Å². The van der Waals surface area contributed by atoms with Crippen LogP contribution in [0, 0.1) is 0 Å². The molecule has 12 heavy (non-hydrogen) atoms. The molecule has 2 heteroatoms. The summed E-state index contributed by atoms with van der Waals surface area (Å²) in [6.45, 7) is 0. The van der Waals surface area contributed by atoms with Crippen molar-refractivity contribution in [3.63, 3.8) is 0 Å². The molecule has 0 atom stereocenters. The Morgan fingerprint density at radius 3 is 2.58 bits per heavy atom. The molecule has 1 aliphatic carbocycles. The number of nitrogens with two attached hydrogens (primary N) is 1. The van der Waals surface area contributed by atoms with Crippen LogP contribution < -0.4 is 5.73 Å².